The van der Waals surface area contributed by atoms with Crippen LogP contribution in [0.5, 0.6) is 0 Å². The molecule has 0 saturated carbocycles. The van der Waals surface area contributed by atoms with Crippen molar-refractivity contribution in [2.75, 3.05) is 10.2 Å². The number of hydrogen-bond acceptors (Lipinski definition) is 6. The van der Waals surface area contributed by atoms with Crippen LogP contribution in [0.25, 0.3) is 11.3 Å². The molecule has 0 unspecified atom stereocenters. The summed E-state index contributed by atoms with van der Waals surface area (Å²) in [6.45, 7) is 0. The molecule has 1 N–H and O–H groups in total. The fourth-order valence-electron chi connectivity index (χ4n) is 3.84. The second kappa shape index (κ2) is 9.44. The number of nitrogens with one attached hydrogen (secondary N) is 1. The second-order valence-corrected chi connectivity index (χ2v) is 8.88. The quantitative estimate of drug-likeness (QED) is 0.311. The van der Waals surface area contributed by atoms with Gasteiger partial charge in [0.05, 0.1) is 11.4 Å². The van der Waals surface area contributed by atoms with Gasteiger partial charge in [0, 0.05) is 29.5 Å². The Bertz CT molecular complexity index is 1410. The SMILES string of the molecule is O=C(Nc1nc(-c2ccccc2)c(C(=O)c2ccccc2)s1)c1ccc(N2C(=O)CCC2=O)cc1. The molecule has 3 amide bonds. The van der Waals surface area contributed by atoms with E-state index >= 15 is 0 Å². The summed E-state index contributed by atoms with van der Waals surface area (Å²) in [5.74, 6) is -1.09. The van der Waals surface area contributed by atoms with Crippen LogP contribution in [-0.4, -0.2) is 28.5 Å². The molecule has 1 aliphatic heterocycles. The van der Waals surface area contributed by atoms with E-state index in [4.69, 9.17) is 0 Å². The highest BCUT2D eigenvalue weighted by Crippen LogP contribution is 2.33. The van der Waals surface area contributed by atoms with E-state index < -0.39 is 5.91 Å². The Hall–Kier alpha value is -4.43. The van der Waals surface area contributed by atoms with Gasteiger partial charge in [0.1, 0.15) is 4.88 Å². The van der Waals surface area contributed by atoms with Gasteiger partial charge in [-0.3, -0.25) is 29.4 Å². The molecule has 2 heterocycles. The molecule has 0 atom stereocenters. The number of ketones is 1. The van der Waals surface area contributed by atoms with Crippen molar-refractivity contribution in [2.24, 2.45) is 0 Å². The van der Waals surface area contributed by atoms with E-state index in [1.807, 2.05) is 36.4 Å². The molecule has 0 aliphatic carbocycles. The Balaban J connectivity index is 1.42. The molecular formula is C27H19N3O4S. The summed E-state index contributed by atoms with van der Waals surface area (Å²) in [6.07, 6.45) is 0.387. The number of carbonyl (C=O) groups is 4. The molecule has 1 aromatic heterocycles. The first kappa shape index (κ1) is 22.4. The Morgan fingerprint density at radius 1 is 0.771 bits per heavy atom. The van der Waals surface area contributed by atoms with E-state index in [0.29, 0.717) is 32.5 Å². The molecule has 172 valence electrons. The van der Waals surface area contributed by atoms with Gasteiger partial charge in [-0.25, -0.2) is 4.98 Å². The third-order valence-electron chi connectivity index (χ3n) is 5.58. The van der Waals surface area contributed by atoms with Crippen LogP contribution in [0.2, 0.25) is 0 Å². The zero-order valence-corrected chi connectivity index (χ0v) is 19.2. The lowest BCUT2D eigenvalue weighted by Gasteiger charge is -2.13. The summed E-state index contributed by atoms with van der Waals surface area (Å²) in [6, 6.07) is 24.5. The number of rotatable bonds is 6. The molecule has 8 heteroatoms. The maximum atomic E-state index is 13.2. The molecule has 1 aliphatic rings. The largest absolute Gasteiger partial charge is 0.298 e. The monoisotopic (exact) mass is 481 g/mol. The first-order valence-electron chi connectivity index (χ1n) is 10.9. The van der Waals surface area contributed by atoms with Crippen LogP contribution in [0, 0.1) is 0 Å². The number of carbonyl (C=O) groups excluding carboxylic acids is 4. The summed E-state index contributed by atoms with van der Waals surface area (Å²) < 4.78 is 0. The van der Waals surface area contributed by atoms with Crippen LogP contribution in [0.15, 0.2) is 84.9 Å². The standard InChI is InChI=1S/C27H19N3O4S/c31-21-15-16-22(32)30(21)20-13-11-19(12-14-20)26(34)29-27-28-23(17-7-3-1-4-8-17)25(35-27)24(33)18-9-5-2-6-10-18/h1-14H,15-16H2,(H,28,29,34). The van der Waals surface area contributed by atoms with E-state index in [0.717, 1.165) is 21.8 Å². The van der Waals surface area contributed by atoms with Gasteiger partial charge in [0.25, 0.3) is 5.91 Å². The number of thiazole rings is 1. The van der Waals surface area contributed by atoms with Gasteiger partial charge in [-0.2, -0.15) is 0 Å². The molecule has 35 heavy (non-hydrogen) atoms. The lowest BCUT2D eigenvalue weighted by Crippen LogP contribution is -2.28. The average molecular weight is 482 g/mol. The Morgan fingerprint density at radius 3 is 2.00 bits per heavy atom. The predicted octanol–water partition coefficient (Wildman–Crippen LogP) is 4.95. The second-order valence-electron chi connectivity index (χ2n) is 7.88. The lowest BCUT2D eigenvalue weighted by molar-refractivity contribution is -0.121. The normalized spacial score (nSPS) is 13.2. The van der Waals surface area contributed by atoms with Gasteiger partial charge in [-0.05, 0) is 24.3 Å². The van der Waals surface area contributed by atoms with Gasteiger partial charge in [-0.15, -0.1) is 0 Å². The van der Waals surface area contributed by atoms with E-state index in [9.17, 15) is 19.2 Å². The zero-order chi connectivity index (χ0) is 24.4. The predicted molar refractivity (Wildman–Crippen MR) is 134 cm³/mol. The number of aromatic nitrogens is 1. The van der Waals surface area contributed by atoms with Crippen molar-refractivity contribution in [3.05, 3.63) is 101 Å². The Morgan fingerprint density at radius 2 is 1.37 bits per heavy atom. The van der Waals surface area contributed by atoms with Crippen LogP contribution in [0.3, 0.4) is 0 Å². The molecule has 0 radical (unpaired) electrons. The van der Waals surface area contributed by atoms with E-state index in [-0.39, 0.29) is 30.4 Å². The topological polar surface area (TPSA) is 96.4 Å². The minimum absolute atomic E-state index is 0.174. The maximum Gasteiger partial charge on any atom is 0.257 e. The van der Waals surface area contributed by atoms with Gasteiger partial charge >= 0.3 is 0 Å². The lowest BCUT2D eigenvalue weighted by atomic mass is 10.1. The number of imide groups is 1. The first-order valence-corrected chi connectivity index (χ1v) is 11.8. The summed E-state index contributed by atoms with van der Waals surface area (Å²) in [5.41, 5.74) is 2.58. The van der Waals surface area contributed by atoms with E-state index in [1.54, 1.807) is 48.5 Å². The smallest absolute Gasteiger partial charge is 0.257 e. The molecule has 1 fully saturated rings. The Kier molecular flexibility index (Phi) is 6.03. The summed E-state index contributed by atoms with van der Waals surface area (Å²) in [4.78, 5) is 56.1. The van der Waals surface area contributed by atoms with Gasteiger partial charge < -0.3 is 0 Å². The van der Waals surface area contributed by atoms with Crippen LogP contribution in [-0.2, 0) is 9.59 Å². The molecule has 0 bridgehead atoms. The summed E-state index contributed by atoms with van der Waals surface area (Å²) >= 11 is 1.11. The van der Waals surface area contributed by atoms with Crippen LogP contribution >= 0.6 is 11.3 Å². The van der Waals surface area contributed by atoms with Crippen molar-refractivity contribution in [3.63, 3.8) is 0 Å². The van der Waals surface area contributed by atoms with E-state index in [1.165, 1.54) is 0 Å². The maximum absolute atomic E-state index is 13.2. The zero-order valence-electron chi connectivity index (χ0n) is 18.4. The highest BCUT2D eigenvalue weighted by atomic mass is 32.1. The molecule has 5 rings (SSSR count). The van der Waals surface area contributed by atoms with Crippen molar-refractivity contribution < 1.29 is 19.2 Å². The average Bonchev–Trinajstić information content (AvgIpc) is 3.47. The molecule has 1 saturated heterocycles. The highest BCUT2D eigenvalue weighted by Gasteiger charge is 2.30. The van der Waals surface area contributed by atoms with Gasteiger partial charge in [0.15, 0.2) is 5.13 Å². The first-order chi connectivity index (χ1) is 17.0. The summed E-state index contributed by atoms with van der Waals surface area (Å²) in [5, 5.41) is 3.06. The highest BCUT2D eigenvalue weighted by molar-refractivity contribution is 7.18. The van der Waals surface area contributed by atoms with Crippen LogP contribution < -0.4 is 10.2 Å². The fourth-order valence-corrected chi connectivity index (χ4v) is 4.78. The van der Waals surface area contributed by atoms with Crippen molar-refractivity contribution in [1.29, 1.82) is 0 Å². The van der Waals surface area contributed by atoms with Crippen molar-refractivity contribution >= 4 is 45.7 Å². The number of amides is 3. The molecule has 7 nitrogen and oxygen atoms in total. The number of nitrogens with zero attached hydrogens (tertiary/aromatic N) is 2. The van der Waals surface area contributed by atoms with Crippen molar-refractivity contribution in [1.82, 2.24) is 4.98 Å². The van der Waals surface area contributed by atoms with Crippen molar-refractivity contribution in [2.45, 2.75) is 12.8 Å². The van der Waals surface area contributed by atoms with Crippen molar-refractivity contribution in [3.8, 4) is 11.3 Å². The van der Waals surface area contributed by atoms with Gasteiger partial charge in [0.2, 0.25) is 17.6 Å². The molecule has 4 aromatic rings. The molecular weight excluding hydrogens is 462 g/mol. The summed E-state index contributed by atoms with van der Waals surface area (Å²) in [7, 11) is 0. The van der Waals surface area contributed by atoms with Gasteiger partial charge in [-0.1, -0.05) is 72.0 Å². The van der Waals surface area contributed by atoms with E-state index in [2.05, 4.69) is 10.3 Å². The number of hydrogen-bond donors (Lipinski definition) is 1. The third kappa shape index (κ3) is 4.51. The fraction of sp³-hybridized carbons (Fsp3) is 0.0741. The minimum Gasteiger partial charge on any atom is -0.298 e. The van der Waals surface area contributed by atoms with Crippen LogP contribution in [0.4, 0.5) is 10.8 Å². The number of anilines is 2. The molecule has 0 spiro atoms. The number of benzene rings is 3. The Labute approximate surface area is 205 Å². The molecule has 3 aromatic carbocycles. The van der Waals surface area contributed by atoms with Crippen LogP contribution in [0.1, 0.15) is 38.4 Å². The minimum atomic E-state index is -0.414. The third-order valence-corrected chi connectivity index (χ3v) is 6.55.